The predicted molar refractivity (Wildman–Crippen MR) is 93.3 cm³/mol. The van der Waals surface area contributed by atoms with Crippen LogP contribution in [-0.4, -0.2) is 31.1 Å². The van der Waals surface area contributed by atoms with E-state index < -0.39 is 10.0 Å². The van der Waals surface area contributed by atoms with Crippen molar-refractivity contribution >= 4 is 32.4 Å². The van der Waals surface area contributed by atoms with Crippen LogP contribution in [0.2, 0.25) is 0 Å². The lowest BCUT2D eigenvalue weighted by Gasteiger charge is -2.04. The number of amides is 1. The first kappa shape index (κ1) is 19.4. The number of halogens is 1. The Bertz CT molecular complexity index is 820. The molecule has 1 amide bonds. The largest absolute Gasteiger partial charge is 0.300 e. The molecule has 0 saturated carbocycles. The van der Waals surface area contributed by atoms with Crippen molar-refractivity contribution in [1.29, 1.82) is 0 Å². The monoisotopic (exact) mass is 386 g/mol. The maximum atomic E-state index is 12.8. The normalized spacial score (nSPS) is 11.7. The average molecular weight is 386 g/mol. The Morgan fingerprint density at radius 1 is 1.24 bits per heavy atom. The highest BCUT2D eigenvalue weighted by Gasteiger charge is 2.20. The third-order valence-electron chi connectivity index (χ3n) is 3.24. The van der Waals surface area contributed by atoms with E-state index >= 15 is 0 Å². The minimum absolute atomic E-state index is 0.144. The lowest BCUT2D eigenvalue weighted by Crippen LogP contribution is -2.25. The first-order valence-corrected chi connectivity index (χ1v) is 9.96. The third kappa shape index (κ3) is 5.83. The number of hydrogen-bond donors (Lipinski definition) is 2. The Hall–Kier alpha value is -1.91. The van der Waals surface area contributed by atoms with E-state index in [0.717, 1.165) is 16.9 Å². The van der Waals surface area contributed by atoms with Gasteiger partial charge in [0.05, 0.1) is 0 Å². The van der Waals surface area contributed by atoms with Crippen LogP contribution in [0.15, 0.2) is 28.6 Å². The summed E-state index contributed by atoms with van der Waals surface area (Å²) >= 11 is 0.795. The molecule has 136 valence electrons. The summed E-state index contributed by atoms with van der Waals surface area (Å²) in [5.74, 6) is -0.804. The van der Waals surface area contributed by atoms with Crippen LogP contribution in [0.3, 0.4) is 0 Å². The minimum Gasteiger partial charge on any atom is -0.300 e. The van der Waals surface area contributed by atoms with Gasteiger partial charge in [-0.3, -0.25) is 4.79 Å². The van der Waals surface area contributed by atoms with Gasteiger partial charge in [-0.15, -0.1) is 10.2 Å². The number of carbonyl (C=O) groups is 1. The first-order chi connectivity index (χ1) is 11.8. The Balaban J connectivity index is 1.85. The fourth-order valence-electron chi connectivity index (χ4n) is 1.83. The van der Waals surface area contributed by atoms with E-state index in [-0.39, 0.29) is 33.7 Å². The van der Waals surface area contributed by atoms with E-state index in [1.165, 1.54) is 12.1 Å². The van der Waals surface area contributed by atoms with Crippen molar-refractivity contribution in [3.05, 3.63) is 35.6 Å². The molecule has 0 fully saturated rings. The molecular weight excluding hydrogens is 367 g/mol. The molecule has 1 aromatic heterocycles. The molecule has 0 spiro atoms. The fraction of sp³-hybridized carbons (Fsp3) is 0.400. The molecule has 0 bridgehead atoms. The summed E-state index contributed by atoms with van der Waals surface area (Å²) in [7, 11) is -3.77. The van der Waals surface area contributed by atoms with Crippen molar-refractivity contribution in [3.8, 4) is 0 Å². The summed E-state index contributed by atoms with van der Waals surface area (Å²) in [6.45, 7) is 3.65. The summed E-state index contributed by atoms with van der Waals surface area (Å²) in [5.41, 5.74) is 0.926. The molecule has 2 N–H and O–H groups in total. The molecule has 1 heterocycles. The number of carbonyl (C=O) groups excluding carboxylic acids is 1. The molecule has 25 heavy (non-hydrogen) atoms. The van der Waals surface area contributed by atoms with Gasteiger partial charge in [0.1, 0.15) is 5.82 Å². The summed E-state index contributed by atoms with van der Waals surface area (Å²) < 4.78 is 39.4. The summed E-state index contributed by atoms with van der Waals surface area (Å²) in [5, 5.41) is 9.93. The van der Waals surface area contributed by atoms with Crippen molar-refractivity contribution in [2.45, 2.75) is 31.0 Å². The van der Waals surface area contributed by atoms with E-state index in [1.54, 1.807) is 26.0 Å². The molecule has 7 nitrogen and oxygen atoms in total. The highest BCUT2D eigenvalue weighted by molar-refractivity contribution is 7.91. The van der Waals surface area contributed by atoms with Gasteiger partial charge in [0.2, 0.25) is 15.4 Å². The summed E-state index contributed by atoms with van der Waals surface area (Å²) in [4.78, 5) is 11.6. The average Bonchev–Trinajstić information content (AvgIpc) is 3.02. The Morgan fingerprint density at radius 2 is 1.92 bits per heavy atom. The number of sulfonamides is 1. The molecule has 0 radical (unpaired) electrons. The molecule has 0 aliphatic rings. The zero-order chi connectivity index (χ0) is 18.4. The number of nitrogens with one attached hydrogen (secondary N) is 2. The van der Waals surface area contributed by atoms with Gasteiger partial charge in [-0.2, -0.15) is 0 Å². The lowest BCUT2D eigenvalue weighted by atomic mass is 10.1. The van der Waals surface area contributed by atoms with Crippen molar-refractivity contribution in [2.24, 2.45) is 5.92 Å². The van der Waals surface area contributed by atoms with Gasteiger partial charge < -0.3 is 5.32 Å². The number of benzene rings is 1. The fourth-order valence-corrected chi connectivity index (χ4v) is 3.85. The zero-order valence-electron chi connectivity index (χ0n) is 13.8. The number of rotatable bonds is 8. The number of anilines is 1. The molecule has 2 rings (SSSR count). The topological polar surface area (TPSA) is 101 Å². The molecule has 0 aliphatic heterocycles. The predicted octanol–water partition coefficient (Wildman–Crippen LogP) is 2.18. The van der Waals surface area contributed by atoms with Crippen molar-refractivity contribution in [3.63, 3.8) is 0 Å². The standard InChI is InChI=1S/C15H19FN4O3S2/c1-10(2)13(21)18-14-19-20-15(24-14)25(22,23)17-9-3-4-11-5-7-12(16)8-6-11/h5-8,10,17H,3-4,9H2,1-2H3,(H,18,19,21). The molecule has 0 aliphatic carbocycles. The van der Waals surface area contributed by atoms with Crippen LogP contribution in [0.1, 0.15) is 25.8 Å². The number of hydrogen-bond acceptors (Lipinski definition) is 6. The molecule has 0 saturated heterocycles. The summed E-state index contributed by atoms with van der Waals surface area (Å²) in [6.07, 6.45) is 1.18. The van der Waals surface area contributed by atoms with Crippen LogP contribution in [0.5, 0.6) is 0 Å². The van der Waals surface area contributed by atoms with E-state index in [0.29, 0.717) is 12.8 Å². The summed E-state index contributed by atoms with van der Waals surface area (Å²) in [6, 6.07) is 6.07. The smallest absolute Gasteiger partial charge is 0.269 e. The van der Waals surface area contributed by atoms with Crippen molar-refractivity contribution < 1.29 is 17.6 Å². The van der Waals surface area contributed by atoms with Gasteiger partial charge in [-0.25, -0.2) is 17.5 Å². The van der Waals surface area contributed by atoms with E-state index in [2.05, 4.69) is 20.2 Å². The highest BCUT2D eigenvalue weighted by Crippen LogP contribution is 2.20. The van der Waals surface area contributed by atoms with Crippen LogP contribution in [0, 0.1) is 11.7 Å². The lowest BCUT2D eigenvalue weighted by molar-refractivity contribution is -0.118. The van der Waals surface area contributed by atoms with Gasteiger partial charge in [-0.05, 0) is 30.5 Å². The van der Waals surface area contributed by atoms with Gasteiger partial charge in [0.15, 0.2) is 0 Å². The molecule has 10 heteroatoms. The van der Waals surface area contributed by atoms with Crippen LogP contribution in [-0.2, 0) is 21.2 Å². The Labute approximate surface area is 149 Å². The number of aryl methyl sites for hydroxylation is 1. The zero-order valence-corrected chi connectivity index (χ0v) is 15.5. The second-order valence-corrected chi connectivity index (χ2v) is 8.56. The van der Waals surface area contributed by atoms with Crippen LogP contribution in [0.25, 0.3) is 0 Å². The van der Waals surface area contributed by atoms with Gasteiger partial charge in [0.25, 0.3) is 10.0 Å². The second kappa shape index (κ2) is 8.45. The maximum absolute atomic E-state index is 12.8. The van der Waals surface area contributed by atoms with E-state index in [4.69, 9.17) is 0 Å². The minimum atomic E-state index is -3.77. The van der Waals surface area contributed by atoms with Crippen LogP contribution >= 0.6 is 11.3 Å². The SMILES string of the molecule is CC(C)C(=O)Nc1nnc(S(=O)(=O)NCCCc2ccc(F)cc2)s1. The van der Waals surface area contributed by atoms with Crippen molar-refractivity contribution in [1.82, 2.24) is 14.9 Å². The van der Waals surface area contributed by atoms with Crippen LogP contribution < -0.4 is 10.0 Å². The molecule has 0 atom stereocenters. The quantitative estimate of drug-likeness (QED) is 0.535. The van der Waals surface area contributed by atoms with Gasteiger partial charge >= 0.3 is 0 Å². The van der Waals surface area contributed by atoms with E-state index in [1.807, 2.05) is 0 Å². The number of aromatic nitrogens is 2. The Morgan fingerprint density at radius 3 is 2.56 bits per heavy atom. The van der Waals surface area contributed by atoms with Gasteiger partial charge in [0, 0.05) is 12.5 Å². The van der Waals surface area contributed by atoms with Crippen LogP contribution in [0.4, 0.5) is 9.52 Å². The molecule has 0 unspecified atom stereocenters. The van der Waals surface area contributed by atoms with E-state index in [9.17, 15) is 17.6 Å². The second-order valence-electron chi connectivity index (χ2n) is 5.64. The molecule has 2 aromatic rings. The first-order valence-electron chi connectivity index (χ1n) is 7.66. The number of nitrogens with zero attached hydrogens (tertiary/aromatic N) is 2. The van der Waals surface area contributed by atoms with Crippen molar-refractivity contribution in [2.75, 3.05) is 11.9 Å². The highest BCUT2D eigenvalue weighted by atomic mass is 32.2. The Kier molecular flexibility index (Phi) is 6.57. The third-order valence-corrected chi connectivity index (χ3v) is 5.91. The molecular formula is C15H19FN4O3S2. The van der Waals surface area contributed by atoms with Gasteiger partial charge in [-0.1, -0.05) is 37.3 Å². The molecule has 1 aromatic carbocycles. The maximum Gasteiger partial charge on any atom is 0.269 e.